The van der Waals surface area contributed by atoms with E-state index >= 15 is 0 Å². The number of H-pyrrole nitrogens is 2. The van der Waals surface area contributed by atoms with Gasteiger partial charge in [-0.3, -0.25) is 28.8 Å². The molecule has 3 aromatic heterocycles. The molecule has 298 valence electrons. The van der Waals surface area contributed by atoms with Gasteiger partial charge < -0.3 is 40.6 Å². The predicted octanol–water partition coefficient (Wildman–Crippen LogP) is 6.04. The van der Waals surface area contributed by atoms with Gasteiger partial charge in [-0.1, -0.05) is 0 Å². The molecule has 18 heteroatoms. The maximum absolute atomic E-state index is 12.2. The maximum atomic E-state index is 12.2. The van der Waals surface area contributed by atoms with Crippen molar-refractivity contribution >= 4 is 105 Å². The Hall–Kier alpha value is -6.00. The van der Waals surface area contributed by atoms with Gasteiger partial charge in [0.25, 0.3) is 0 Å². The zero-order chi connectivity index (χ0) is 39.4. The fourth-order valence-corrected chi connectivity index (χ4v) is 6.89. The third-order valence-electron chi connectivity index (χ3n) is 9.48. The van der Waals surface area contributed by atoms with E-state index in [1.54, 1.807) is 38.1 Å². The third kappa shape index (κ3) is 10.2. The highest BCUT2D eigenvalue weighted by Crippen LogP contribution is 2.38. The summed E-state index contributed by atoms with van der Waals surface area (Å²) in [7, 11) is 0. The van der Waals surface area contributed by atoms with Gasteiger partial charge in [0, 0.05) is 47.8 Å². The molecule has 3 aromatic rings. The summed E-state index contributed by atoms with van der Waals surface area (Å²) in [5.74, 6) is -6.73. The van der Waals surface area contributed by atoms with Crippen LogP contribution < -0.4 is 0 Å². The molecule has 0 saturated heterocycles. The van der Waals surface area contributed by atoms with Crippen molar-refractivity contribution in [3.8, 4) is 0 Å². The smallest absolute Gasteiger partial charge is 0.307 e. The molecule has 2 aliphatic heterocycles. The molecule has 16 nitrogen and oxygen atoms in total. The van der Waals surface area contributed by atoms with Gasteiger partial charge in [0.1, 0.15) is 0 Å². The molecule has 5 heterocycles. The molecular weight excluding hydrogens is 775 g/mol. The second kappa shape index (κ2) is 18.6. The lowest BCUT2D eigenvalue weighted by molar-refractivity contribution is -0.138. The summed E-state index contributed by atoms with van der Waals surface area (Å²) in [5, 5.41) is 58.2. The van der Waals surface area contributed by atoms with Crippen LogP contribution in [0.3, 0.4) is 0 Å². The summed E-state index contributed by atoms with van der Waals surface area (Å²) in [6.07, 6.45) is -2.18. The van der Waals surface area contributed by atoms with Gasteiger partial charge in [0.05, 0.1) is 35.6 Å². The molecular formula is C38H40Cl2N4O12. The van der Waals surface area contributed by atoms with Crippen molar-refractivity contribution in [3.05, 3.63) is 69.3 Å². The van der Waals surface area contributed by atoms with Crippen molar-refractivity contribution in [2.45, 2.75) is 78.1 Å². The van der Waals surface area contributed by atoms with Crippen LogP contribution in [0.15, 0.2) is 24.3 Å². The number of rotatable bonds is 16. The number of aromatic nitrogens is 4. The minimum absolute atomic E-state index is 0. The highest BCUT2D eigenvalue weighted by atomic mass is 35.5. The summed E-state index contributed by atoms with van der Waals surface area (Å²) in [6.45, 7) is 3.45. The molecule has 5 rings (SSSR count). The molecule has 8 N–H and O–H groups in total. The molecule has 0 saturated carbocycles. The number of carboxylic acids is 6. The lowest BCUT2D eigenvalue weighted by Gasteiger charge is -2.04. The van der Waals surface area contributed by atoms with Gasteiger partial charge in [-0.25, -0.2) is 9.97 Å². The molecule has 0 amide bonds. The van der Waals surface area contributed by atoms with Gasteiger partial charge in [-0.15, -0.1) is 24.8 Å². The SMILES string of the molecule is CC1=C(CCC(=O)O)c2cc3[nH]c(cc4nc(cc5[nH]c(cc1n2)c(CCC(=O)O)c5CC(=O)O)C(CCC(=O)O)=C4C)c(CCC(=O)O)c3CC(=O)O.Cl.Cl. The van der Waals surface area contributed by atoms with Crippen molar-refractivity contribution in [1.29, 1.82) is 0 Å². The summed E-state index contributed by atoms with van der Waals surface area (Å²) in [5.41, 5.74) is 6.27. The summed E-state index contributed by atoms with van der Waals surface area (Å²) < 4.78 is 0. The minimum Gasteiger partial charge on any atom is -0.481 e. The van der Waals surface area contributed by atoms with Crippen molar-refractivity contribution in [2.75, 3.05) is 0 Å². The number of nitrogens with one attached hydrogen (secondary N) is 2. The Morgan fingerprint density at radius 2 is 0.732 bits per heavy atom. The summed E-state index contributed by atoms with van der Waals surface area (Å²) in [6, 6.07) is 6.40. The van der Waals surface area contributed by atoms with Crippen molar-refractivity contribution in [1.82, 2.24) is 19.9 Å². The number of aliphatic carboxylic acids is 6. The molecule has 0 unspecified atom stereocenters. The zero-order valence-electron chi connectivity index (χ0n) is 30.2. The number of aryl methyl sites for hydroxylation is 2. The number of carbonyl (C=O) groups is 6. The van der Waals surface area contributed by atoms with E-state index in [1.165, 1.54) is 0 Å². The molecule has 0 aliphatic carbocycles. The van der Waals surface area contributed by atoms with Crippen molar-refractivity contribution < 1.29 is 59.4 Å². The van der Waals surface area contributed by atoms with E-state index in [0.29, 0.717) is 89.4 Å². The first-order valence-electron chi connectivity index (χ1n) is 17.0. The second-order valence-electron chi connectivity index (χ2n) is 13.1. The number of hydrogen-bond acceptors (Lipinski definition) is 8. The van der Waals surface area contributed by atoms with Crippen LogP contribution in [0.4, 0.5) is 0 Å². The van der Waals surface area contributed by atoms with Crippen LogP contribution in [-0.4, -0.2) is 86.4 Å². The fourth-order valence-electron chi connectivity index (χ4n) is 6.89. The van der Waals surface area contributed by atoms with E-state index in [9.17, 15) is 59.4 Å². The lowest BCUT2D eigenvalue weighted by atomic mass is 9.98. The molecule has 0 spiro atoms. The monoisotopic (exact) mass is 814 g/mol. The predicted molar refractivity (Wildman–Crippen MR) is 209 cm³/mol. The molecule has 2 aliphatic rings. The Morgan fingerprint density at radius 1 is 0.446 bits per heavy atom. The molecule has 0 aromatic carbocycles. The Labute approximate surface area is 330 Å². The van der Waals surface area contributed by atoms with E-state index < -0.39 is 48.7 Å². The molecule has 8 bridgehead atoms. The van der Waals surface area contributed by atoms with Gasteiger partial charge in [0.2, 0.25) is 0 Å². The van der Waals surface area contributed by atoms with Crippen LogP contribution in [0.5, 0.6) is 0 Å². The summed E-state index contributed by atoms with van der Waals surface area (Å²) in [4.78, 5) is 87.3. The lowest BCUT2D eigenvalue weighted by Crippen LogP contribution is -2.04. The van der Waals surface area contributed by atoms with Gasteiger partial charge in [-0.2, -0.15) is 0 Å². The molecule has 0 radical (unpaired) electrons. The van der Waals surface area contributed by atoms with Crippen LogP contribution in [-0.2, 0) is 54.5 Å². The van der Waals surface area contributed by atoms with Crippen LogP contribution in [0.2, 0.25) is 0 Å². The Balaban J connectivity index is 0.00000420. The van der Waals surface area contributed by atoms with Crippen LogP contribution >= 0.6 is 24.8 Å². The average Bonchev–Trinajstić information content (AvgIpc) is 3.74. The Bertz CT molecular complexity index is 2190. The Morgan fingerprint density at radius 3 is 1.04 bits per heavy atom. The number of fused-ring (bicyclic) bond motifs is 8. The Kier molecular flexibility index (Phi) is 14.7. The number of nitrogens with zero attached hydrogens (tertiary/aromatic N) is 2. The minimum atomic E-state index is -1.19. The van der Waals surface area contributed by atoms with Crippen molar-refractivity contribution in [2.24, 2.45) is 0 Å². The van der Waals surface area contributed by atoms with E-state index in [1.807, 2.05) is 0 Å². The molecule has 0 fully saturated rings. The first-order chi connectivity index (χ1) is 25.5. The summed E-state index contributed by atoms with van der Waals surface area (Å²) >= 11 is 0. The highest BCUT2D eigenvalue weighted by molar-refractivity contribution is 5.96. The average molecular weight is 816 g/mol. The fraction of sp³-hybridized carbons (Fsp3) is 0.316. The first kappa shape index (κ1) is 44.4. The van der Waals surface area contributed by atoms with E-state index in [-0.39, 0.29) is 76.2 Å². The zero-order valence-corrected chi connectivity index (χ0v) is 31.9. The van der Waals surface area contributed by atoms with Gasteiger partial charge in [-0.05, 0) is 108 Å². The normalized spacial score (nSPS) is 12.2. The molecule has 56 heavy (non-hydrogen) atoms. The standard InChI is InChI=1S/C38H38N4O12.2ClH/c1-17-19(3-7-33(43)44)27-15-31-24(12-38(53)54)22(6-10-36(49)50)30(42-31)14-26-18(2)20(4-8-34(45)46)28(40-26)16-32-23(11-37(51)52)21(5-9-35(47)48)29(41-32)13-25(17)39-27;;/h13-16,41-42H,3-12H2,1-2H3,(H,43,44)(H,45,46)(H,47,48)(H,49,50)(H,51,52)(H,53,54);2*1H. The van der Waals surface area contributed by atoms with E-state index in [4.69, 9.17) is 9.97 Å². The second-order valence-corrected chi connectivity index (χ2v) is 13.1. The third-order valence-corrected chi connectivity index (χ3v) is 9.48. The topological polar surface area (TPSA) is 281 Å². The first-order valence-corrected chi connectivity index (χ1v) is 17.0. The molecule has 0 atom stereocenters. The quantitative estimate of drug-likeness (QED) is 0.0819. The number of aromatic amines is 2. The van der Waals surface area contributed by atoms with Crippen LogP contribution in [0.1, 0.15) is 97.4 Å². The maximum Gasteiger partial charge on any atom is 0.307 e. The highest BCUT2D eigenvalue weighted by Gasteiger charge is 2.24. The number of allylic oxidation sites excluding steroid dienone is 4. The largest absolute Gasteiger partial charge is 0.481 e. The number of carboxylic acid groups (broad SMARTS) is 6. The number of hydrogen-bond donors (Lipinski definition) is 8. The van der Waals surface area contributed by atoms with Gasteiger partial charge in [0.15, 0.2) is 0 Å². The van der Waals surface area contributed by atoms with E-state index in [2.05, 4.69) is 9.97 Å². The van der Waals surface area contributed by atoms with Gasteiger partial charge >= 0.3 is 35.8 Å². The van der Waals surface area contributed by atoms with E-state index in [0.717, 1.165) is 0 Å². The van der Waals surface area contributed by atoms with Crippen LogP contribution in [0, 0.1) is 0 Å². The van der Waals surface area contributed by atoms with Crippen LogP contribution in [0.25, 0.3) is 44.4 Å². The number of halogens is 2. The van der Waals surface area contributed by atoms with Crippen molar-refractivity contribution in [3.63, 3.8) is 0 Å².